The van der Waals surface area contributed by atoms with Crippen LogP contribution in [0.3, 0.4) is 0 Å². The second-order valence-electron chi connectivity index (χ2n) is 10.4. The van der Waals surface area contributed by atoms with Crippen molar-refractivity contribution in [1.82, 2.24) is 9.88 Å². The van der Waals surface area contributed by atoms with E-state index >= 15 is 0 Å². The summed E-state index contributed by atoms with van der Waals surface area (Å²) < 4.78 is 50.3. The number of pyridine rings is 1. The number of benzene rings is 2. The van der Waals surface area contributed by atoms with E-state index in [1.54, 1.807) is 42.6 Å². The van der Waals surface area contributed by atoms with Crippen LogP contribution >= 0.6 is 0 Å². The van der Waals surface area contributed by atoms with Crippen molar-refractivity contribution in [3.8, 4) is 40.0 Å². The summed E-state index contributed by atoms with van der Waals surface area (Å²) in [7, 11) is 1.48. The lowest BCUT2D eigenvalue weighted by atomic mass is 10.0. The molecule has 0 saturated carbocycles. The number of halogens is 2. The number of rotatable bonds is 7. The Balaban J connectivity index is 1.31. The van der Waals surface area contributed by atoms with Gasteiger partial charge in [-0.3, -0.25) is 9.78 Å². The molecule has 1 amide bonds. The normalized spacial score (nSPS) is 17.5. The van der Waals surface area contributed by atoms with Gasteiger partial charge in [0, 0.05) is 42.8 Å². The van der Waals surface area contributed by atoms with Crippen LogP contribution in [0, 0.1) is 11.3 Å². The average Bonchev–Trinajstić information content (AvgIpc) is 3.69. The van der Waals surface area contributed by atoms with Crippen LogP contribution in [0.25, 0.3) is 33.6 Å². The third kappa shape index (κ3) is 5.28. The van der Waals surface area contributed by atoms with Gasteiger partial charge >= 0.3 is 0 Å². The minimum atomic E-state index is -2.59. The summed E-state index contributed by atoms with van der Waals surface area (Å²) in [5.74, 6) is 0.920. The molecule has 0 spiro atoms. The molecule has 0 bridgehead atoms. The molecule has 2 fully saturated rings. The zero-order chi connectivity index (χ0) is 29.2. The first-order valence-corrected chi connectivity index (χ1v) is 13.9. The molecule has 2 aliphatic heterocycles. The molecule has 42 heavy (non-hydrogen) atoms. The summed E-state index contributed by atoms with van der Waals surface area (Å²) in [6.07, 6.45) is 1.48. The number of nitrogens with zero attached hydrogens (tertiary/aromatic N) is 3. The van der Waals surface area contributed by atoms with Crippen LogP contribution in [0.4, 0.5) is 8.78 Å². The van der Waals surface area contributed by atoms with Crippen molar-refractivity contribution in [2.24, 2.45) is 0 Å². The van der Waals surface area contributed by atoms with Crippen LogP contribution in [0.5, 0.6) is 11.5 Å². The van der Waals surface area contributed by atoms with Gasteiger partial charge < -0.3 is 23.5 Å². The maximum Gasteiger partial charge on any atom is 0.258 e. The van der Waals surface area contributed by atoms with E-state index in [9.17, 15) is 18.8 Å². The predicted octanol–water partition coefficient (Wildman–Crippen LogP) is 6.47. The largest absolute Gasteiger partial charge is 0.496 e. The molecule has 2 aromatic heterocycles. The Morgan fingerprint density at radius 1 is 1.07 bits per heavy atom. The number of amides is 1. The number of likely N-dealkylation sites (tertiary alicyclic amines) is 1. The Hall–Kier alpha value is -4.49. The highest BCUT2D eigenvalue weighted by Crippen LogP contribution is 2.39. The van der Waals surface area contributed by atoms with Crippen molar-refractivity contribution >= 4 is 17.0 Å². The fraction of sp³-hybridized carbons (Fsp3) is 0.344. The molecule has 2 saturated heterocycles. The Kier molecular flexibility index (Phi) is 7.76. The first-order chi connectivity index (χ1) is 20.5. The van der Waals surface area contributed by atoms with Crippen molar-refractivity contribution in [2.45, 2.75) is 44.3 Å². The van der Waals surface area contributed by atoms with E-state index < -0.39 is 18.4 Å². The van der Waals surface area contributed by atoms with Gasteiger partial charge in [-0.2, -0.15) is 5.26 Å². The smallest absolute Gasteiger partial charge is 0.258 e. The zero-order valence-corrected chi connectivity index (χ0v) is 23.0. The summed E-state index contributed by atoms with van der Waals surface area (Å²) >= 11 is 0. The van der Waals surface area contributed by atoms with E-state index in [4.69, 9.17) is 18.6 Å². The average molecular weight is 574 g/mol. The number of ether oxygens (including phenoxy) is 3. The Labute approximate surface area is 241 Å². The maximum absolute atomic E-state index is 13.4. The molecule has 2 aliphatic rings. The molecule has 0 N–H and O–H groups in total. The van der Waals surface area contributed by atoms with E-state index in [1.165, 1.54) is 12.0 Å². The zero-order valence-electron chi connectivity index (χ0n) is 23.0. The van der Waals surface area contributed by atoms with Crippen LogP contribution in [0.1, 0.15) is 41.6 Å². The highest BCUT2D eigenvalue weighted by atomic mass is 19.3. The van der Waals surface area contributed by atoms with Crippen molar-refractivity contribution in [3.05, 3.63) is 65.9 Å². The van der Waals surface area contributed by atoms with Crippen LogP contribution in [-0.4, -0.2) is 61.2 Å². The number of hydrogen-bond acceptors (Lipinski definition) is 7. The minimum absolute atomic E-state index is 0.00899. The van der Waals surface area contributed by atoms with Crippen LogP contribution in [-0.2, 0) is 4.74 Å². The molecule has 10 heteroatoms. The highest BCUT2D eigenvalue weighted by Gasteiger charge is 2.35. The van der Waals surface area contributed by atoms with E-state index in [-0.39, 0.29) is 18.1 Å². The second-order valence-corrected chi connectivity index (χ2v) is 10.4. The van der Waals surface area contributed by atoms with Crippen molar-refractivity contribution in [3.63, 3.8) is 0 Å². The lowest BCUT2D eigenvalue weighted by Gasteiger charge is -2.24. The maximum atomic E-state index is 13.4. The predicted molar refractivity (Wildman–Crippen MR) is 151 cm³/mol. The summed E-state index contributed by atoms with van der Waals surface area (Å²) in [4.78, 5) is 18.8. The Morgan fingerprint density at radius 2 is 1.90 bits per heavy atom. The molecular weight excluding hydrogens is 544 g/mol. The van der Waals surface area contributed by atoms with Crippen molar-refractivity contribution < 1.29 is 32.2 Å². The second kappa shape index (κ2) is 11.8. The summed E-state index contributed by atoms with van der Waals surface area (Å²) in [5.41, 5.74) is 3.92. The van der Waals surface area contributed by atoms with Crippen molar-refractivity contribution in [1.29, 1.82) is 5.26 Å². The van der Waals surface area contributed by atoms with Gasteiger partial charge in [0.2, 0.25) is 0 Å². The van der Waals surface area contributed by atoms with Gasteiger partial charge in [-0.05, 0) is 54.8 Å². The van der Waals surface area contributed by atoms with E-state index in [2.05, 4.69) is 11.1 Å². The lowest BCUT2D eigenvalue weighted by Crippen LogP contribution is -2.39. The first-order valence-electron chi connectivity index (χ1n) is 13.9. The molecule has 2 aromatic carbocycles. The molecule has 1 unspecified atom stereocenters. The number of hydrogen-bond donors (Lipinski definition) is 0. The number of furan rings is 1. The Morgan fingerprint density at radius 3 is 2.67 bits per heavy atom. The third-order valence-electron chi connectivity index (χ3n) is 7.85. The molecule has 0 aliphatic carbocycles. The molecule has 216 valence electrons. The van der Waals surface area contributed by atoms with Crippen LogP contribution in [0.2, 0.25) is 0 Å². The fourth-order valence-corrected chi connectivity index (χ4v) is 5.66. The topological polar surface area (TPSA) is 97.8 Å². The molecule has 4 heterocycles. The SMILES string of the molecule is COc1cc(C(=O)N2CCCC2C(F)F)ccc1-c1cc2nccc(-c3ccc(OC4CCOCC4)c(C#N)c3)c2o1. The quantitative estimate of drug-likeness (QED) is 0.250. The van der Waals surface area contributed by atoms with Gasteiger partial charge in [-0.1, -0.05) is 6.07 Å². The van der Waals surface area contributed by atoms with Gasteiger partial charge in [0.15, 0.2) is 5.58 Å². The highest BCUT2D eigenvalue weighted by molar-refractivity contribution is 5.97. The number of nitriles is 1. The van der Waals surface area contributed by atoms with Gasteiger partial charge in [0.25, 0.3) is 12.3 Å². The monoisotopic (exact) mass is 573 g/mol. The number of fused-ring (bicyclic) bond motifs is 1. The molecule has 1 atom stereocenters. The molecule has 8 nitrogen and oxygen atoms in total. The summed E-state index contributed by atoms with van der Waals surface area (Å²) in [5, 5.41) is 9.85. The molecule has 4 aromatic rings. The van der Waals surface area contributed by atoms with Crippen LogP contribution in [0.15, 0.2) is 59.1 Å². The molecule has 6 rings (SSSR count). The van der Waals surface area contributed by atoms with Gasteiger partial charge in [-0.25, -0.2) is 8.78 Å². The first kappa shape index (κ1) is 27.7. The third-order valence-corrected chi connectivity index (χ3v) is 7.85. The number of alkyl halides is 2. The number of carbonyl (C=O) groups excluding carboxylic acids is 1. The minimum Gasteiger partial charge on any atom is -0.496 e. The number of methoxy groups -OCH3 is 1. The molecular formula is C32H29F2N3O5. The van der Waals surface area contributed by atoms with E-state index in [0.717, 1.165) is 24.0 Å². The molecule has 0 radical (unpaired) electrons. The van der Waals surface area contributed by atoms with Gasteiger partial charge in [0.1, 0.15) is 34.9 Å². The lowest BCUT2D eigenvalue weighted by molar-refractivity contribution is 0.0254. The standard InChI is InChI=1S/C32H29F2N3O5/c1-39-28-16-20(32(38)37-12-2-3-26(37)31(33)34)4-6-24(28)29-17-25-30(42-29)23(8-11-36-25)19-5-7-27(21(15-19)18-35)41-22-9-13-40-14-10-22/h4-8,11,15-17,22,26,31H,2-3,9-10,12-14H2,1H3. The van der Waals surface area contributed by atoms with E-state index in [1.807, 2.05) is 12.1 Å². The Bertz CT molecular complexity index is 1660. The fourth-order valence-electron chi connectivity index (χ4n) is 5.66. The van der Waals surface area contributed by atoms with Crippen molar-refractivity contribution in [2.75, 3.05) is 26.9 Å². The number of carbonyl (C=O) groups is 1. The summed E-state index contributed by atoms with van der Waals surface area (Å²) in [6.45, 7) is 1.58. The van der Waals surface area contributed by atoms with Gasteiger partial charge in [0.05, 0.1) is 37.5 Å². The van der Waals surface area contributed by atoms with Crippen LogP contribution < -0.4 is 9.47 Å². The number of aromatic nitrogens is 1. The van der Waals surface area contributed by atoms with E-state index in [0.29, 0.717) is 65.7 Å². The summed E-state index contributed by atoms with van der Waals surface area (Å²) in [6, 6.07) is 15.1. The van der Waals surface area contributed by atoms with Gasteiger partial charge in [-0.15, -0.1) is 0 Å².